The van der Waals surface area contributed by atoms with Gasteiger partial charge in [-0.3, -0.25) is 9.97 Å². The number of aromatic amines is 1. The molecule has 0 atom stereocenters. The van der Waals surface area contributed by atoms with E-state index in [4.69, 9.17) is 0 Å². The van der Waals surface area contributed by atoms with Crippen molar-refractivity contribution in [1.29, 1.82) is 0 Å². The monoisotopic (exact) mass is 1210 g/mol. The number of para-hydroxylation sites is 5. The third-order valence-corrected chi connectivity index (χ3v) is 13.1. The Hall–Kier alpha value is -11.3. The highest BCUT2D eigenvalue weighted by Gasteiger charge is 2.11. The van der Waals surface area contributed by atoms with Crippen LogP contribution in [-0.2, 0) is 0 Å². The second-order valence-corrected chi connectivity index (χ2v) is 18.9. The molecule has 0 saturated heterocycles. The Morgan fingerprint density at radius 3 is 1.03 bits per heavy atom. The summed E-state index contributed by atoms with van der Waals surface area (Å²) >= 11 is 0. The Balaban J connectivity index is 0.000000186. The minimum absolute atomic E-state index is 0.584. The summed E-state index contributed by atoms with van der Waals surface area (Å²) in [4.78, 5) is 46.8. The second kappa shape index (κ2) is 38.1. The number of nitrogens with one attached hydrogen (secondary N) is 5. The highest BCUT2D eigenvalue weighted by molar-refractivity contribution is 5.94. The van der Waals surface area contributed by atoms with E-state index in [-0.39, 0.29) is 0 Å². The maximum Gasteiger partial charge on any atom is 0.227 e. The van der Waals surface area contributed by atoms with Crippen LogP contribution in [0.1, 0.15) is 77.6 Å². The zero-order valence-corrected chi connectivity index (χ0v) is 54.2. The highest BCUT2D eigenvalue weighted by Crippen LogP contribution is 2.29. The summed E-state index contributed by atoms with van der Waals surface area (Å²) in [5.74, 6) is 2.39. The van der Waals surface area contributed by atoms with Gasteiger partial charge in [-0.15, -0.1) is 0 Å². The Kier molecular flexibility index (Phi) is 28.8. The molecule has 0 radical (unpaired) electrons. The van der Waals surface area contributed by atoms with Gasteiger partial charge in [0.25, 0.3) is 0 Å². The molecule has 0 aliphatic heterocycles. The number of hydrogen-bond acceptors (Lipinski definition) is 14. The van der Waals surface area contributed by atoms with Crippen LogP contribution in [0, 0.1) is 27.7 Å². The predicted molar refractivity (Wildman–Crippen MR) is 381 cm³/mol. The molecule has 0 aliphatic rings. The molecule has 6 aromatic carbocycles. The number of aromatic nitrogens is 11. The fourth-order valence-corrected chi connectivity index (χ4v) is 8.57. The molecule has 0 spiro atoms. The van der Waals surface area contributed by atoms with Crippen LogP contribution in [0.3, 0.4) is 0 Å². The van der Waals surface area contributed by atoms with E-state index >= 15 is 0 Å². The molecule has 0 unspecified atom stereocenters. The van der Waals surface area contributed by atoms with Crippen molar-refractivity contribution in [2.45, 2.75) is 83.1 Å². The molecule has 0 aliphatic carbocycles. The number of anilines is 8. The smallest absolute Gasteiger partial charge is 0.227 e. The van der Waals surface area contributed by atoms with E-state index in [0.29, 0.717) is 23.8 Å². The lowest BCUT2D eigenvalue weighted by atomic mass is 10.1. The maximum atomic E-state index is 4.66. The molecular weight excluding hydrogens is 1120 g/mol. The zero-order valence-electron chi connectivity index (χ0n) is 54.2. The summed E-state index contributed by atoms with van der Waals surface area (Å²) in [7, 11) is 0. The van der Waals surface area contributed by atoms with E-state index < -0.39 is 0 Å². The molecule has 0 amide bonds. The van der Waals surface area contributed by atoms with Crippen LogP contribution < -0.4 is 21.3 Å². The molecule has 7 aromatic heterocycles. The number of nitrogens with zero attached hydrogens (tertiary/aromatic N) is 10. The van der Waals surface area contributed by atoms with Crippen LogP contribution in [0.4, 0.5) is 46.5 Å². The number of hydrogen-bond donors (Lipinski definition) is 5. The SMILES string of the molecule is CC.CC.CC.CC.Cc1ccccc1Nc1nccc(-c2c[nH]c3ccccc23)n1.Cc1ccccc1Nc1nccc(-c2ccccc2)n1.Cc1ccccc1Nc1nccc(-c2cccnc2)n1.Cc1ccccc1Nc1nccc(-c2ccncc2)n1. The Morgan fingerprint density at radius 1 is 0.286 bits per heavy atom. The minimum Gasteiger partial charge on any atom is -0.360 e. The van der Waals surface area contributed by atoms with Crippen LogP contribution in [0.25, 0.3) is 55.9 Å². The van der Waals surface area contributed by atoms with Gasteiger partial charge in [0.15, 0.2) is 0 Å². The maximum absolute atomic E-state index is 4.66. The van der Waals surface area contributed by atoms with E-state index in [2.05, 4.69) is 127 Å². The van der Waals surface area contributed by atoms with Crippen molar-refractivity contribution >= 4 is 57.4 Å². The lowest BCUT2D eigenvalue weighted by molar-refractivity contribution is 1.16. The first kappa shape index (κ1) is 68.8. The summed E-state index contributed by atoms with van der Waals surface area (Å²) in [5.41, 5.74) is 17.5. The second-order valence-electron chi connectivity index (χ2n) is 18.9. The van der Waals surface area contributed by atoms with E-state index in [9.17, 15) is 0 Å². The Bertz CT molecular complexity index is 3880. The molecule has 15 heteroatoms. The molecule has 0 saturated carbocycles. The number of aryl methyl sites for hydroxylation is 4. The van der Waals surface area contributed by atoms with Gasteiger partial charge in [0.05, 0.1) is 22.8 Å². The van der Waals surface area contributed by atoms with Crippen molar-refractivity contribution in [2.24, 2.45) is 0 Å². The van der Waals surface area contributed by atoms with Crippen LogP contribution in [-0.4, -0.2) is 54.8 Å². The summed E-state index contributed by atoms with van der Waals surface area (Å²) in [6, 6.07) is 66.0. The highest BCUT2D eigenvalue weighted by atomic mass is 15.1. The summed E-state index contributed by atoms with van der Waals surface area (Å²) in [6.45, 7) is 24.2. The summed E-state index contributed by atoms with van der Waals surface area (Å²) < 4.78 is 0. The van der Waals surface area contributed by atoms with Crippen molar-refractivity contribution in [3.05, 3.63) is 278 Å². The van der Waals surface area contributed by atoms with Crippen molar-refractivity contribution in [3.63, 3.8) is 0 Å². The van der Waals surface area contributed by atoms with E-state index in [1.807, 2.05) is 238 Å². The number of fused-ring (bicyclic) bond motifs is 1. The van der Waals surface area contributed by atoms with Gasteiger partial charge in [-0.25, -0.2) is 39.9 Å². The number of H-pyrrole nitrogens is 1. The third kappa shape index (κ3) is 20.9. The first-order valence-corrected chi connectivity index (χ1v) is 30.8. The van der Waals surface area contributed by atoms with Gasteiger partial charge in [-0.2, -0.15) is 0 Å². The van der Waals surface area contributed by atoms with Gasteiger partial charge in [-0.1, -0.05) is 177 Å². The van der Waals surface area contributed by atoms with Gasteiger partial charge in [-0.05, 0) is 129 Å². The minimum atomic E-state index is 0.584. The first-order valence-electron chi connectivity index (χ1n) is 30.8. The lowest BCUT2D eigenvalue weighted by Crippen LogP contribution is -1.99. The van der Waals surface area contributed by atoms with Gasteiger partial charge < -0.3 is 26.3 Å². The normalized spacial score (nSPS) is 9.76. The standard InChI is InChI=1S/C19H16N4.C17H15N3.2C16H14N4.4C2H6/c1-13-6-2-4-8-16(13)22-19-20-11-10-18(23-19)15-12-21-17-9-5-3-7-14(15)17;1-13-7-5-6-10-15(13)19-17-18-12-11-16(20-17)14-8-3-2-4-9-14;1-12-5-2-3-7-14(12)19-16-18-10-8-15(20-16)13-6-4-9-17-11-13;1-12-4-2-3-5-14(12)19-16-18-11-8-15(20-16)13-6-9-17-10-7-13;4*1-2/h2-12,21H,1H3,(H,20,22,23);2-12H,1H3,(H,18,19,20);2*2-11H,1H3,(H,18,19,20);4*1-2H3. The topological polar surface area (TPSA) is 193 Å². The zero-order chi connectivity index (χ0) is 65.0. The van der Waals surface area contributed by atoms with Gasteiger partial charge in [0.2, 0.25) is 23.8 Å². The summed E-state index contributed by atoms with van der Waals surface area (Å²) in [5, 5.41) is 14.2. The lowest BCUT2D eigenvalue weighted by Gasteiger charge is -2.08. The van der Waals surface area contributed by atoms with Crippen molar-refractivity contribution in [1.82, 2.24) is 54.8 Å². The molecule has 462 valence electrons. The van der Waals surface area contributed by atoms with Gasteiger partial charge in [0, 0.05) is 112 Å². The molecule has 15 nitrogen and oxygen atoms in total. The van der Waals surface area contributed by atoms with Crippen LogP contribution >= 0.6 is 0 Å². The molecular formula is C76H83N15. The molecule has 13 aromatic rings. The number of rotatable bonds is 12. The Labute approximate surface area is 537 Å². The third-order valence-electron chi connectivity index (χ3n) is 13.1. The van der Waals surface area contributed by atoms with Crippen LogP contribution in [0.5, 0.6) is 0 Å². The molecule has 91 heavy (non-hydrogen) atoms. The average molecular weight is 1210 g/mol. The summed E-state index contributed by atoms with van der Waals surface area (Å²) in [6.07, 6.45) is 16.1. The molecule has 0 fully saturated rings. The van der Waals surface area contributed by atoms with Gasteiger partial charge >= 0.3 is 0 Å². The fraction of sp³-hybridized carbons (Fsp3) is 0.158. The number of pyridine rings is 2. The van der Waals surface area contributed by atoms with E-state index in [1.54, 1.807) is 49.6 Å². The Morgan fingerprint density at radius 2 is 0.626 bits per heavy atom. The fourth-order valence-electron chi connectivity index (χ4n) is 8.57. The van der Waals surface area contributed by atoms with Crippen LogP contribution in [0.2, 0.25) is 0 Å². The molecule has 5 N–H and O–H groups in total. The van der Waals surface area contributed by atoms with Crippen molar-refractivity contribution in [3.8, 4) is 45.0 Å². The van der Waals surface area contributed by atoms with E-state index in [1.165, 1.54) is 5.56 Å². The molecule has 0 bridgehead atoms. The average Bonchev–Trinajstić information content (AvgIpc) is 1.80. The van der Waals surface area contributed by atoms with Crippen molar-refractivity contribution in [2.75, 3.05) is 21.3 Å². The predicted octanol–water partition coefficient (Wildman–Crippen LogP) is 20.2. The largest absolute Gasteiger partial charge is 0.360 e. The molecule has 7 heterocycles. The van der Waals surface area contributed by atoms with Crippen LogP contribution in [0.15, 0.2) is 256 Å². The quantitative estimate of drug-likeness (QED) is 0.0776. The first-order chi connectivity index (χ1) is 44.8. The molecule has 13 rings (SSSR count). The van der Waals surface area contributed by atoms with Crippen molar-refractivity contribution < 1.29 is 0 Å². The van der Waals surface area contributed by atoms with E-state index in [0.717, 1.165) is 95.4 Å². The number of benzene rings is 6. The van der Waals surface area contributed by atoms with Gasteiger partial charge in [0.1, 0.15) is 0 Å².